The summed E-state index contributed by atoms with van der Waals surface area (Å²) in [7, 11) is 0. The molecule has 0 saturated heterocycles. The number of hydrogen-bond donors (Lipinski definition) is 0. The molecule has 0 bridgehead atoms. The summed E-state index contributed by atoms with van der Waals surface area (Å²) in [5.41, 5.74) is 0. The third-order valence-electron chi connectivity index (χ3n) is 0.437. The van der Waals surface area contributed by atoms with Crippen molar-refractivity contribution in [3.63, 3.8) is 0 Å². The topological polar surface area (TPSA) is 17.1 Å². The number of allylic oxidation sites excluding steroid dienone is 2. The quantitative estimate of drug-likeness (QED) is 0.456. The van der Waals surface area contributed by atoms with Crippen LogP contribution in [0.15, 0.2) is 12.2 Å². The molecule has 0 N–H and O–H groups in total. The lowest BCUT2D eigenvalue weighted by Crippen LogP contribution is -1.61. The molecule has 0 aromatic carbocycles. The van der Waals surface area contributed by atoms with Crippen LogP contribution in [0.2, 0.25) is 0 Å². The molecule has 0 atom stereocenters. The van der Waals surface area contributed by atoms with Crippen LogP contribution in [0.1, 0.15) is 13.3 Å². The fraction of sp³-hybridized carbons (Fsp3) is 0.400. The van der Waals surface area contributed by atoms with E-state index in [0.29, 0.717) is 6.42 Å². The Labute approximate surface area is 37.7 Å². The van der Waals surface area contributed by atoms with Gasteiger partial charge in [0, 0.05) is 6.42 Å². The molecule has 0 amide bonds. The molecule has 0 aromatic rings. The molecule has 0 aliphatic rings. The van der Waals surface area contributed by atoms with Gasteiger partial charge >= 0.3 is 0 Å². The van der Waals surface area contributed by atoms with Gasteiger partial charge in [-0.2, -0.15) is 0 Å². The minimum atomic E-state index is 0.427. The SMILES string of the molecule is CC=CC[C]=O. The molecule has 0 saturated carbocycles. The van der Waals surface area contributed by atoms with Crippen molar-refractivity contribution < 1.29 is 4.79 Å². The molecule has 0 aliphatic carbocycles. The monoisotopic (exact) mass is 83.0 g/mol. The number of hydrogen-bond acceptors (Lipinski definition) is 1. The molecule has 0 fully saturated rings. The lowest BCUT2D eigenvalue weighted by Gasteiger charge is -1.64. The first-order valence-corrected chi connectivity index (χ1v) is 1.88. The van der Waals surface area contributed by atoms with E-state index >= 15 is 0 Å². The molecule has 0 unspecified atom stereocenters. The molecule has 0 heterocycles. The Morgan fingerprint density at radius 2 is 2.50 bits per heavy atom. The van der Waals surface area contributed by atoms with Crippen molar-refractivity contribution in [2.45, 2.75) is 13.3 Å². The predicted octanol–water partition coefficient (Wildman–Crippen LogP) is 1.06. The van der Waals surface area contributed by atoms with Crippen molar-refractivity contribution in [2.24, 2.45) is 0 Å². The zero-order chi connectivity index (χ0) is 4.83. The molecule has 1 nitrogen and oxygen atoms in total. The second-order valence-corrected chi connectivity index (χ2v) is 0.917. The van der Waals surface area contributed by atoms with Crippen LogP contribution in [0.4, 0.5) is 0 Å². The van der Waals surface area contributed by atoms with Crippen molar-refractivity contribution in [1.82, 2.24) is 0 Å². The highest BCUT2D eigenvalue weighted by atomic mass is 16.1. The van der Waals surface area contributed by atoms with E-state index in [4.69, 9.17) is 0 Å². The molecule has 0 rings (SSSR count). The zero-order valence-electron chi connectivity index (χ0n) is 3.77. The van der Waals surface area contributed by atoms with Crippen LogP contribution in [0.5, 0.6) is 0 Å². The first kappa shape index (κ1) is 5.41. The Balaban J connectivity index is 2.85. The molecule has 0 spiro atoms. The fourth-order valence-electron chi connectivity index (χ4n) is 0.166. The maximum absolute atomic E-state index is 9.39. The van der Waals surface area contributed by atoms with Gasteiger partial charge in [0.05, 0.1) is 0 Å². The Hall–Kier alpha value is -0.590. The van der Waals surface area contributed by atoms with E-state index in [2.05, 4.69) is 0 Å². The predicted molar refractivity (Wildman–Crippen MR) is 25.1 cm³/mol. The molecule has 33 valence electrons. The van der Waals surface area contributed by atoms with Crippen molar-refractivity contribution in [3.05, 3.63) is 12.2 Å². The number of rotatable bonds is 2. The van der Waals surface area contributed by atoms with Crippen molar-refractivity contribution in [3.8, 4) is 0 Å². The van der Waals surface area contributed by atoms with Crippen molar-refractivity contribution >= 4 is 6.29 Å². The van der Waals surface area contributed by atoms with Crippen LogP contribution < -0.4 is 0 Å². The van der Waals surface area contributed by atoms with Gasteiger partial charge < -0.3 is 0 Å². The van der Waals surface area contributed by atoms with Crippen molar-refractivity contribution in [1.29, 1.82) is 0 Å². The average Bonchev–Trinajstić information content (AvgIpc) is 1.61. The van der Waals surface area contributed by atoms with Gasteiger partial charge in [0.15, 0.2) is 0 Å². The second kappa shape index (κ2) is 4.41. The highest BCUT2D eigenvalue weighted by Gasteiger charge is 1.65. The van der Waals surface area contributed by atoms with Gasteiger partial charge in [0.1, 0.15) is 0 Å². The van der Waals surface area contributed by atoms with E-state index in [1.54, 1.807) is 12.4 Å². The largest absolute Gasteiger partial charge is 0.291 e. The standard InChI is InChI=1S/C5H7O/c1-2-3-4-5-6/h2-3H,4H2,1H3. The average molecular weight is 83.1 g/mol. The summed E-state index contributed by atoms with van der Waals surface area (Å²) < 4.78 is 0. The van der Waals surface area contributed by atoms with Crippen LogP contribution in [0, 0.1) is 0 Å². The van der Waals surface area contributed by atoms with Gasteiger partial charge in [-0.3, -0.25) is 4.79 Å². The van der Waals surface area contributed by atoms with Gasteiger partial charge in [0.2, 0.25) is 6.29 Å². The van der Waals surface area contributed by atoms with Crippen LogP contribution in [0.25, 0.3) is 0 Å². The Kier molecular flexibility index (Phi) is 3.98. The molecule has 0 aromatic heterocycles. The zero-order valence-corrected chi connectivity index (χ0v) is 3.77. The summed E-state index contributed by atoms with van der Waals surface area (Å²) in [6, 6.07) is 0. The highest BCUT2D eigenvalue weighted by molar-refractivity contribution is 5.52. The summed E-state index contributed by atoms with van der Waals surface area (Å²) in [6.45, 7) is 1.87. The summed E-state index contributed by atoms with van der Waals surface area (Å²) in [5.74, 6) is 0. The summed E-state index contributed by atoms with van der Waals surface area (Å²) in [6.07, 6.45) is 5.74. The smallest absolute Gasteiger partial charge is 0.202 e. The first-order chi connectivity index (χ1) is 2.91. The maximum Gasteiger partial charge on any atom is 0.202 e. The van der Waals surface area contributed by atoms with E-state index in [-0.39, 0.29) is 0 Å². The molecular weight excluding hydrogens is 76.1 g/mol. The highest BCUT2D eigenvalue weighted by Crippen LogP contribution is 1.71. The Morgan fingerprint density at radius 3 is 2.67 bits per heavy atom. The summed E-state index contributed by atoms with van der Waals surface area (Å²) >= 11 is 0. The van der Waals surface area contributed by atoms with Gasteiger partial charge in [0.25, 0.3) is 0 Å². The van der Waals surface area contributed by atoms with Crippen LogP contribution in [-0.2, 0) is 4.79 Å². The van der Waals surface area contributed by atoms with E-state index in [0.717, 1.165) is 0 Å². The molecule has 1 heteroatoms. The first-order valence-electron chi connectivity index (χ1n) is 1.88. The lowest BCUT2D eigenvalue weighted by molar-refractivity contribution is 0.556. The van der Waals surface area contributed by atoms with E-state index < -0.39 is 0 Å². The van der Waals surface area contributed by atoms with E-state index in [1.165, 1.54) is 0 Å². The molecule has 1 radical (unpaired) electrons. The lowest BCUT2D eigenvalue weighted by atomic mass is 10.4. The minimum absolute atomic E-state index is 0.427. The third kappa shape index (κ3) is 3.41. The fourth-order valence-corrected chi connectivity index (χ4v) is 0.166. The third-order valence-corrected chi connectivity index (χ3v) is 0.437. The van der Waals surface area contributed by atoms with E-state index in [9.17, 15) is 4.79 Å². The maximum atomic E-state index is 9.39. The van der Waals surface area contributed by atoms with E-state index in [1.807, 2.05) is 13.0 Å². The van der Waals surface area contributed by atoms with Gasteiger partial charge in [-0.05, 0) is 6.92 Å². The summed E-state index contributed by atoms with van der Waals surface area (Å²) in [5, 5.41) is 0. The van der Waals surface area contributed by atoms with Gasteiger partial charge in [-0.25, -0.2) is 0 Å². The number of carbonyl (C=O) groups excluding carboxylic acids is 1. The Bertz CT molecular complexity index is 55.0. The van der Waals surface area contributed by atoms with Crippen LogP contribution in [0.3, 0.4) is 0 Å². The normalized spacial score (nSPS) is 9.50. The molecular formula is C5H7O. The minimum Gasteiger partial charge on any atom is -0.291 e. The van der Waals surface area contributed by atoms with Gasteiger partial charge in [-0.15, -0.1) is 0 Å². The Morgan fingerprint density at radius 1 is 1.83 bits per heavy atom. The van der Waals surface area contributed by atoms with Crippen molar-refractivity contribution in [2.75, 3.05) is 0 Å². The molecule has 0 aliphatic heterocycles. The molecule has 6 heavy (non-hydrogen) atoms. The second-order valence-electron chi connectivity index (χ2n) is 0.917. The summed E-state index contributed by atoms with van der Waals surface area (Å²) in [4.78, 5) is 9.39. The van der Waals surface area contributed by atoms with Gasteiger partial charge in [-0.1, -0.05) is 12.2 Å². The van der Waals surface area contributed by atoms with Crippen LogP contribution >= 0.6 is 0 Å². The van der Waals surface area contributed by atoms with Crippen LogP contribution in [-0.4, -0.2) is 6.29 Å².